The average Bonchev–Trinajstić information content (AvgIpc) is 2.52. The zero-order chi connectivity index (χ0) is 15.4. The van der Waals surface area contributed by atoms with Crippen molar-refractivity contribution in [1.82, 2.24) is 5.43 Å². The Balaban J connectivity index is 0.00000172. The SMILES string of the molecule is C=N.CC/C(=N\NC)c1ccc(C(=O)OCCO)cc1. The molecule has 6 nitrogen and oxygen atoms in total. The predicted molar refractivity (Wildman–Crippen MR) is 79.5 cm³/mol. The molecule has 0 aromatic heterocycles. The Labute approximate surface area is 119 Å². The number of hydrogen-bond acceptors (Lipinski definition) is 6. The van der Waals surface area contributed by atoms with Gasteiger partial charge in [-0.1, -0.05) is 19.1 Å². The molecule has 1 aromatic carbocycles. The first-order valence-corrected chi connectivity index (χ1v) is 6.20. The number of benzene rings is 1. The summed E-state index contributed by atoms with van der Waals surface area (Å²) in [6, 6.07) is 7.04. The second kappa shape index (κ2) is 10.7. The van der Waals surface area contributed by atoms with Gasteiger partial charge in [-0.05, 0) is 30.8 Å². The van der Waals surface area contributed by atoms with Gasteiger partial charge in [-0.25, -0.2) is 4.79 Å². The molecular formula is C14H21N3O3. The summed E-state index contributed by atoms with van der Waals surface area (Å²) in [6.07, 6.45) is 0.801. The highest BCUT2D eigenvalue weighted by atomic mass is 16.5. The van der Waals surface area contributed by atoms with E-state index in [1.54, 1.807) is 19.2 Å². The van der Waals surface area contributed by atoms with E-state index in [0.29, 0.717) is 5.56 Å². The molecule has 110 valence electrons. The smallest absolute Gasteiger partial charge is 0.338 e. The zero-order valence-electron chi connectivity index (χ0n) is 11.8. The number of esters is 1. The van der Waals surface area contributed by atoms with Crippen molar-refractivity contribution in [2.75, 3.05) is 20.3 Å². The standard InChI is InChI=1S/C13H18N2O3.CH3N/c1-3-12(15-14-2)10-4-6-11(7-5-10)13(17)18-9-8-16;1-2/h4-7,14,16H,3,8-9H2,1-2H3;2H,1H2/b15-12+;. The Kier molecular flexibility index (Phi) is 9.51. The van der Waals surface area contributed by atoms with Crippen LogP contribution in [0.5, 0.6) is 0 Å². The van der Waals surface area contributed by atoms with Crippen LogP contribution >= 0.6 is 0 Å². The van der Waals surface area contributed by atoms with E-state index >= 15 is 0 Å². The number of nitrogens with one attached hydrogen (secondary N) is 2. The van der Waals surface area contributed by atoms with E-state index in [4.69, 9.17) is 15.3 Å². The maximum absolute atomic E-state index is 11.5. The van der Waals surface area contributed by atoms with Gasteiger partial charge in [0.1, 0.15) is 6.61 Å². The van der Waals surface area contributed by atoms with Crippen molar-refractivity contribution in [2.45, 2.75) is 13.3 Å². The fourth-order valence-corrected chi connectivity index (χ4v) is 1.50. The molecule has 20 heavy (non-hydrogen) atoms. The largest absolute Gasteiger partial charge is 0.460 e. The van der Waals surface area contributed by atoms with Crippen LogP contribution in [0.1, 0.15) is 29.3 Å². The third-order valence-electron chi connectivity index (χ3n) is 2.36. The Morgan fingerprint density at radius 3 is 2.35 bits per heavy atom. The lowest BCUT2D eigenvalue weighted by molar-refractivity contribution is 0.0434. The molecule has 0 aliphatic carbocycles. The summed E-state index contributed by atoms with van der Waals surface area (Å²) < 4.78 is 4.82. The van der Waals surface area contributed by atoms with Crippen LogP contribution in [0.15, 0.2) is 29.4 Å². The van der Waals surface area contributed by atoms with Gasteiger partial charge in [0.25, 0.3) is 0 Å². The normalized spacial score (nSPS) is 10.2. The summed E-state index contributed by atoms with van der Waals surface area (Å²) in [5.74, 6) is -0.431. The molecule has 1 rings (SSSR count). The molecule has 0 radical (unpaired) electrons. The monoisotopic (exact) mass is 279 g/mol. The molecule has 0 heterocycles. The van der Waals surface area contributed by atoms with Gasteiger partial charge >= 0.3 is 5.97 Å². The van der Waals surface area contributed by atoms with Crippen LogP contribution in [0.2, 0.25) is 0 Å². The Morgan fingerprint density at radius 2 is 1.90 bits per heavy atom. The fraction of sp³-hybridized carbons (Fsp3) is 0.357. The van der Waals surface area contributed by atoms with Gasteiger partial charge in [-0.2, -0.15) is 5.10 Å². The Hall–Kier alpha value is -2.21. The zero-order valence-corrected chi connectivity index (χ0v) is 11.8. The molecule has 0 saturated heterocycles. The summed E-state index contributed by atoms with van der Waals surface area (Å²) in [5.41, 5.74) is 5.10. The van der Waals surface area contributed by atoms with Crippen molar-refractivity contribution >= 4 is 18.4 Å². The lowest BCUT2D eigenvalue weighted by Crippen LogP contribution is -2.10. The minimum absolute atomic E-state index is 0.0159. The van der Waals surface area contributed by atoms with Gasteiger partial charge in [0.15, 0.2) is 0 Å². The predicted octanol–water partition coefficient (Wildman–Crippen LogP) is 1.43. The average molecular weight is 279 g/mol. The third-order valence-corrected chi connectivity index (χ3v) is 2.36. The second-order valence-corrected chi connectivity index (χ2v) is 3.57. The maximum Gasteiger partial charge on any atom is 0.338 e. The van der Waals surface area contributed by atoms with Gasteiger partial charge in [0.2, 0.25) is 0 Å². The molecule has 1 aromatic rings. The number of hydrazone groups is 1. The molecule has 0 saturated carbocycles. The molecule has 6 heteroatoms. The van der Waals surface area contributed by atoms with Crippen LogP contribution in [0, 0.1) is 5.41 Å². The number of hydrogen-bond donors (Lipinski definition) is 3. The number of aliphatic hydroxyl groups is 1. The van der Waals surface area contributed by atoms with Gasteiger partial charge in [-0.15, -0.1) is 0 Å². The molecule has 0 unspecified atom stereocenters. The summed E-state index contributed by atoms with van der Waals surface area (Å²) in [5, 5.41) is 18.2. The number of carbonyl (C=O) groups excluding carboxylic acids is 1. The van der Waals surface area contributed by atoms with E-state index in [2.05, 4.69) is 17.2 Å². The second-order valence-electron chi connectivity index (χ2n) is 3.57. The number of aliphatic hydroxyl groups excluding tert-OH is 1. The first-order valence-electron chi connectivity index (χ1n) is 6.20. The number of rotatable bonds is 6. The lowest BCUT2D eigenvalue weighted by Gasteiger charge is -2.06. The van der Waals surface area contributed by atoms with Crippen molar-refractivity contribution in [1.29, 1.82) is 5.41 Å². The van der Waals surface area contributed by atoms with Gasteiger partial charge in [-0.3, -0.25) is 0 Å². The Bertz CT molecular complexity index is 430. The van der Waals surface area contributed by atoms with Crippen molar-refractivity contribution < 1.29 is 14.6 Å². The van der Waals surface area contributed by atoms with Crippen LogP contribution in [-0.2, 0) is 4.74 Å². The van der Waals surface area contributed by atoms with Crippen molar-refractivity contribution in [3.05, 3.63) is 35.4 Å². The quantitative estimate of drug-likeness (QED) is 0.417. The van der Waals surface area contributed by atoms with Crippen molar-refractivity contribution in [2.24, 2.45) is 5.10 Å². The molecule has 0 aliphatic rings. The van der Waals surface area contributed by atoms with Crippen molar-refractivity contribution in [3.63, 3.8) is 0 Å². The first-order chi connectivity index (χ1) is 9.72. The highest BCUT2D eigenvalue weighted by Crippen LogP contribution is 2.09. The van der Waals surface area contributed by atoms with Crippen LogP contribution in [-0.4, -0.2) is 43.8 Å². The van der Waals surface area contributed by atoms with Crippen LogP contribution in [0.3, 0.4) is 0 Å². The van der Waals surface area contributed by atoms with E-state index in [9.17, 15) is 4.79 Å². The molecular weight excluding hydrogens is 258 g/mol. The topological polar surface area (TPSA) is 94.8 Å². The van der Waals surface area contributed by atoms with Crippen LogP contribution in [0.4, 0.5) is 0 Å². The summed E-state index contributed by atoms with van der Waals surface area (Å²) in [7, 11) is 1.75. The molecule has 0 atom stereocenters. The van der Waals surface area contributed by atoms with Crippen LogP contribution in [0.25, 0.3) is 0 Å². The summed E-state index contributed by atoms with van der Waals surface area (Å²) in [4.78, 5) is 11.5. The lowest BCUT2D eigenvalue weighted by atomic mass is 10.1. The summed E-state index contributed by atoms with van der Waals surface area (Å²) >= 11 is 0. The van der Waals surface area contributed by atoms with Gasteiger partial charge in [0, 0.05) is 7.05 Å². The molecule has 0 aliphatic heterocycles. The molecule has 0 amide bonds. The molecule has 0 fully saturated rings. The highest BCUT2D eigenvalue weighted by Gasteiger charge is 2.07. The van der Waals surface area contributed by atoms with E-state index in [-0.39, 0.29) is 13.2 Å². The van der Waals surface area contributed by atoms with E-state index in [1.807, 2.05) is 19.1 Å². The fourth-order valence-electron chi connectivity index (χ4n) is 1.50. The molecule has 0 bridgehead atoms. The maximum atomic E-state index is 11.5. The third kappa shape index (κ3) is 5.62. The van der Waals surface area contributed by atoms with E-state index in [0.717, 1.165) is 17.7 Å². The minimum atomic E-state index is -0.431. The number of nitrogens with zero attached hydrogens (tertiary/aromatic N) is 1. The number of carbonyl (C=O) groups is 1. The molecule has 3 N–H and O–H groups in total. The molecule has 0 spiro atoms. The summed E-state index contributed by atoms with van der Waals surface area (Å²) in [6.45, 7) is 4.36. The minimum Gasteiger partial charge on any atom is -0.460 e. The van der Waals surface area contributed by atoms with Crippen LogP contribution < -0.4 is 5.43 Å². The number of ether oxygens (including phenoxy) is 1. The van der Waals surface area contributed by atoms with Gasteiger partial charge in [0.05, 0.1) is 17.9 Å². The van der Waals surface area contributed by atoms with Crippen molar-refractivity contribution in [3.8, 4) is 0 Å². The Morgan fingerprint density at radius 1 is 1.35 bits per heavy atom. The van der Waals surface area contributed by atoms with E-state index < -0.39 is 5.97 Å². The first kappa shape index (κ1) is 17.8. The van der Waals surface area contributed by atoms with Gasteiger partial charge < -0.3 is 20.7 Å². The highest BCUT2D eigenvalue weighted by molar-refractivity contribution is 6.01. The van der Waals surface area contributed by atoms with E-state index in [1.165, 1.54) is 0 Å².